The normalized spacial score (nSPS) is 14.0. The van der Waals surface area contributed by atoms with Gasteiger partial charge in [-0.3, -0.25) is 0 Å². The van der Waals surface area contributed by atoms with E-state index in [1.807, 2.05) is 24.3 Å². The van der Waals surface area contributed by atoms with E-state index in [0.29, 0.717) is 23.9 Å². The molecule has 1 aliphatic carbocycles. The third-order valence-corrected chi connectivity index (χ3v) is 4.08. The van der Waals surface area contributed by atoms with Gasteiger partial charge in [0.15, 0.2) is 5.82 Å². The summed E-state index contributed by atoms with van der Waals surface area (Å²) in [6.45, 7) is 2.15. The van der Waals surface area contributed by atoms with Crippen molar-refractivity contribution in [2.75, 3.05) is 6.61 Å². The molecule has 0 radical (unpaired) electrons. The minimum absolute atomic E-state index is 0.335. The van der Waals surface area contributed by atoms with Crippen LogP contribution in [0.2, 0.25) is 0 Å². The van der Waals surface area contributed by atoms with Crippen molar-refractivity contribution in [2.45, 2.75) is 25.7 Å². The Hall–Kier alpha value is -1.75. The summed E-state index contributed by atoms with van der Waals surface area (Å²) in [6.07, 6.45) is 3.73. The van der Waals surface area contributed by atoms with E-state index in [0.717, 1.165) is 28.6 Å². The maximum Gasteiger partial charge on any atom is 0.341 e. The van der Waals surface area contributed by atoms with Crippen molar-refractivity contribution in [3.63, 3.8) is 0 Å². The Bertz CT molecular complexity index is 684. The van der Waals surface area contributed by atoms with Gasteiger partial charge < -0.3 is 4.74 Å². The zero-order valence-corrected chi connectivity index (χ0v) is 13.3. The molecule has 2 aromatic rings. The van der Waals surface area contributed by atoms with E-state index >= 15 is 0 Å². The molecule has 0 saturated heterocycles. The summed E-state index contributed by atoms with van der Waals surface area (Å²) in [6, 6.07) is 7.80. The molecule has 0 bridgehead atoms. The summed E-state index contributed by atoms with van der Waals surface area (Å²) >= 11 is 3.51. The lowest BCUT2D eigenvalue weighted by Crippen LogP contribution is -2.11. The highest BCUT2D eigenvalue weighted by atomic mass is 79.9. The summed E-state index contributed by atoms with van der Waals surface area (Å²) < 4.78 is 6.03. The van der Waals surface area contributed by atoms with Crippen molar-refractivity contribution in [3.05, 3.63) is 46.2 Å². The monoisotopic (exact) mass is 346 g/mol. The summed E-state index contributed by atoms with van der Waals surface area (Å²) in [7, 11) is 0. The Labute approximate surface area is 131 Å². The topological polar surface area (TPSA) is 52.1 Å². The predicted octanol–water partition coefficient (Wildman–Crippen LogP) is 3.96. The predicted molar refractivity (Wildman–Crippen MR) is 83.1 cm³/mol. The van der Waals surface area contributed by atoms with Gasteiger partial charge in [-0.2, -0.15) is 0 Å². The second-order valence-corrected chi connectivity index (χ2v) is 5.82. The number of ether oxygens (including phenoxy) is 1. The molecule has 0 unspecified atom stereocenters. The van der Waals surface area contributed by atoms with E-state index in [-0.39, 0.29) is 5.97 Å². The van der Waals surface area contributed by atoms with Gasteiger partial charge in [-0.1, -0.05) is 34.1 Å². The molecule has 1 aromatic carbocycles. The number of benzene rings is 1. The zero-order valence-electron chi connectivity index (χ0n) is 11.7. The number of hydrogen-bond donors (Lipinski definition) is 0. The average molecular weight is 347 g/mol. The van der Waals surface area contributed by atoms with Gasteiger partial charge in [0.2, 0.25) is 0 Å². The first-order chi connectivity index (χ1) is 10.2. The van der Waals surface area contributed by atoms with Gasteiger partial charge in [-0.25, -0.2) is 14.8 Å². The van der Waals surface area contributed by atoms with Gasteiger partial charge in [0.25, 0.3) is 0 Å². The van der Waals surface area contributed by atoms with Crippen molar-refractivity contribution < 1.29 is 9.53 Å². The fourth-order valence-corrected chi connectivity index (χ4v) is 2.66. The maximum atomic E-state index is 12.0. The van der Waals surface area contributed by atoms with E-state index in [2.05, 4.69) is 25.9 Å². The smallest absolute Gasteiger partial charge is 0.341 e. The summed E-state index contributed by atoms with van der Waals surface area (Å²) in [4.78, 5) is 21.0. The van der Waals surface area contributed by atoms with Gasteiger partial charge in [0.05, 0.1) is 17.9 Å². The van der Waals surface area contributed by atoms with E-state index in [4.69, 9.17) is 4.74 Å². The van der Waals surface area contributed by atoms with Gasteiger partial charge in [-0.05, 0) is 25.8 Å². The number of hydrogen-bond acceptors (Lipinski definition) is 4. The molecule has 0 spiro atoms. The summed E-state index contributed by atoms with van der Waals surface area (Å²) in [5.41, 5.74) is 2.24. The number of halogens is 1. The Morgan fingerprint density at radius 2 is 2.14 bits per heavy atom. The highest BCUT2D eigenvalue weighted by molar-refractivity contribution is 9.10. The average Bonchev–Trinajstić information content (AvgIpc) is 3.32. The number of carbonyl (C=O) groups is 1. The van der Waals surface area contributed by atoms with Gasteiger partial charge >= 0.3 is 5.97 Å². The van der Waals surface area contributed by atoms with E-state index < -0.39 is 0 Å². The third-order valence-electron chi connectivity index (χ3n) is 3.39. The van der Waals surface area contributed by atoms with E-state index in [1.54, 1.807) is 13.1 Å². The maximum absolute atomic E-state index is 12.0. The summed E-state index contributed by atoms with van der Waals surface area (Å²) in [5.74, 6) is 0.657. The lowest BCUT2D eigenvalue weighted by molar-refractivity contribution is 0.0524. The highest BCUT2D eigenvalue weighted by Crippen LogP contribution is 2.41. The quantitative estimate of drug-likeness (QED) is 0.786. The number of rotatable bonds is 4. The molecule has 21 heavy (non-hydrogen) atoms. The highest BCUT2D eigenvalue weighted by Gasteiger charge is 2.31. The standard InChI is InChI=1S/C16H15BrN2O2/c1-2-21-16(20)12-9-18-15(19-14(12)10-7-8-10)11-5-3-4-6-13(11)17/h3-6,9-10H,2,7-8H2,1H3. The fourth-order valence-electron chi connectivity index (χ4n) is 2.20. The van der Waals surface area contributed by atoms with Crippen molar-refractivity contribution >= 4 is 21.9 Å². The second kappa shape index (κ2) is 5.93. The number of esters is 1. The van der Waals surface area contributed by atoms with Crippen molar-refractivity contribution in [1.29, 1.82) is 0 Å². The molecule has 5 heteroatoms. The van der Waals surface area contributed by atoms with Crippen LogP contribution in [-0.2, 0) is 4.74 Å². The van der Waals surface area contributed by atoms with Crippen LogP contribution in [0.15, 0.2) is 34.9 Å². The molecule has 1 aromatic heterocycles. The van der Waals surface area contributed by atoms with Crippen LogP contribution in [0.1, 0.15) is 41.7 Å². The first-order valence-corrected chi connectivity index (χ1v) is 7.79. The molecule has 0 atom stereocenters. The minimum Gasteiger partial charge on any atom is -0.462 e. The second-order valence-electron chi connectivity index (χ2n) is 4.97. The Balaban J connectivity index is 2.04. The van der Waals surface area contributed by atoms with Gasteiger partial charge in [0, 0.05) is 22.2 Å². The van der Waals surface area contributed by atoms with Crippen LogP contribution in [0, 0.1) is 0 Å². The molecule has 1 saturated carbocycles. The fraction of sp³-hybridized carbons (Fsp3) is 0.312. The molecular weight excluding hydrogens is 332 g/mol. The van der Waals surface area contributed by atoms with Crippen molar-refractivity contribution in [2.24, 2.45) is 0 Å². The van der Waals surface area contributed by atoms with Crippen LogP contribution < -0.4 is 0 Å². The molecule has 108 valence electrons. The molecule has 0 amide bonds. The third kappa shape index (κ3) is 2.97. The zero-order chi connectivity index (χ0) is 14.8. The van der Waals surface area contributed by atoms with Crippen LogP contribution in [0.25, 0.3) is 11.4 Å². The van der Waals surface area contributed by atoms with Crippen LogP contribution in [0.4, 0.5) is 0 Å². The molecular formula is C16H15BrN2O2. The summed E-state index contributed by atoms with van der Waals surface area (Å²) in [5, 5.41) is 0. The van der Waals surface area contributed by atoms with E-state index in [1.165, 1.54) is 0 Å². The molecule has 3 rings (SSSR count). The Morgan fingerprint density at radius 3 is 2.81 bits per heavy atom. The molecule has 1 aliphatic rings. The first kappa shape index (κ1) is 14.2. The van der Waals surface area contributed by atoms with Gasteiger partial charge in [0.1, 0.15) is 0 Å². The molecule has 0 N–H and O–H groups in total. The Kier molecular flexibility index (Phi) is 4.01. The molecule has 1 fully saturated rings. The lowest BCUT2D eigenvalue weighted by atomic mass is 10.1. The van der Waals surface area contributed by atoms with Crippen LogP contribution >= 0.6 is 15.9 Å². The van der Waals surface area contributed by atoms with Crippen LogP contribution in [0.5, 0.6) is 0 Å². The first-order valence-electron chi connectivity index (χ1n) is 6.99. The number of aromatic nitrogens is 2. The molecule has 0 aliphatic heterocycles. The Morgan fingerprint density at radius 1 is 1.38 bits per heavy atom. The largest absolute Gasteiger partial charge is 0.462 e. The van der Waals surface area contributed by atoms with E-state index in [9.17, 15) is 4.79 Å². The van der Waals surface area contributed by atoms with Crippen LogP contribution in [0.3, 0.4) is 0 Å². The number of nitrogens with zero attached hydrogens (tertiary/aromatic N) is 2. The molecule has 4 nitrogen and oxygen atoms in total. The number of carbonyl (C=O) groups excluding carboxylic acids is 1. The lowest BCUT2D eigenvalue weighted by Gasteiger charge is -2.09. The van der Waals surface area contributed by atoms with Gasteiger partial charge in [-0.15, -0.1) is 0 Å². The van der Waals surface area contributed by atoms with Crippen LogP contribution in [-0.4, -0.2) is 22.5 Å². The minimum atomic E-state index is -0.335. The van der Waals surface area contributed by atoms with Crippen molar-refractivity contribution in [3.8, 4) is 11.4 Å². The van der Waals surface area contributed by atoms with Crippen molar-refractivity contribution in [1.82, 2.24) is 9.97 Å². The molecule has 1 heterocycles. The SMILES string of the molecule is CCOC(=O)c1cnc(-c2ccccc2Br)nc1C1CC1.